The van der Waals surface area contributed by atoms with Crippen molar-refractivity contribution in [3.05, 3.63) is 66.2 Å². The van der Waals surface area contributed by atoms with Crippen molar-refractivity contribution in [1.29, 1.82) is 0 Å². The number of aryl methyl sites for hydroxylation is 2. The van der Waals surface area contributed by atoms with E-state index in [1.54, 1.807) is 12.4 Å². The first kappa shape index (κ1) is 18.8. The van der Waals surface area contributed by atoms with Gasteiger partial charge >= 0.3 is 0 Å². The average Bonchev–Trinajstić information content (AvgIpc) is 3.16. The van der Waals surface area contributed by atoms with Gasteiger partial charge in [0.15, 0.2) is 5.82 Å². The Labute approximate surface area is 166 Å². The van der Waals surface area contributed by atoms with Crippen LogP contribution < -0.4 is 0 Å². The average molecular weight is 377 g/mol. The number of nitrogens with zero attached hydrogens (tertiary/aromatic N) is 6. The van der Waals surface area contributed by atoms with Crippen molar-refractivity contribution in [2.24, 2.45) is 0 Å². The maximum absolute atomic E-state index is 4.88. The summed E-state index contributed by atoms with van der Waals surface area (Å²) in [5, 5.41) is 4.82. The fourth-order valence-electron chi connectivity index (χ4n) is 3.57. The molecule has 1 aromatic carbocycles. The molecular weight excluding hydrogens is 348 g/mol. The summed E-state index contributed by atoms with van der Waals surface area (Å²) in [4.78, 5) is 13.9. The van der Waals surface area contributed by atoms with Crippen LogP contribution in [0, 0.1) is 0 Å². The number of benzene rings is 1. The lowest BCUT2D eigenvalue weighted by Gasteiger charge is -2.32. The lowest BCUT2D eigenvalue weighted by molar-refractivity contribution is 0.154. The Balaban J connectivity index is 1.48. The van der Waals surface area contributed by atoms with Crippen LogP contribution in [0.1, 0.15) is 11.4 Å². The first-order valence-electron chi connectivity index (χ1n) is 10.1. The molecule has 1 aliphatic heterocycles. The molecule has 0 unspecified atom stereocenters. The zero-order valence-electron chi connectivity index (χ0n) is 16.5. The van der Waals surface area contributed by atoms with E-state index in [4.69, 9.17) is 10.1 Å². The van der Waals surface area contributed by atoms with Crippen molar-refractivity contribution < 1.29 is 0 Å². The van der Waals surface area contributed by atoms with E-state index in [9.17, 15) is 0 Å². The van der Waals surface area contributed by atoms with Crippen LogP contribution in [0.4, 0.5) is 0 Å². The molecule has 1 aliphatic rings. The van der Waals surface area contributed by atoms with Gasteiger partial charge in [-0.2, -0.15) is 5.10 Å². The third-order valence-electron chi connectivity index (χ3n) is 5.39. The highest BCUT2D eigenvalue weighted by atomic mass is 15.3. The van der Waals surface area contributed by atoms with E-state index in [1.807, 2.05) is 12.1 Å². The van der Waals surface area contributed by atoms with Gasteiger partial charge in [0.1, 0.15) is 5.82 Å². The molecule has 3 aromatic rings. The first-order chi connectivity index (χ1) is 13.8. The molecular formula is C22H28N6. The number of hydrogen-bond donors (Lipinski definition) is 0. The van der Waals surface area contributed by atoms with Gasteiger partial charge in [0.05, 0.1) is 0 Å². The van der Waals surface area contributed by atoms with E-state index in [0.717, 1.165) is 69.3 Å². The van der Waals surface area contributed by atoms with E-state index < -0.39 is 0 Å². The molecule has 4 rings (SSSR count). The van der Waals surface area contributed by atoms with Gasteiger partial charge in [-0.3, -0.25) is 4.98 Å². The fraction of sp³-hybridized carbons (Fsp3) is 0.409. The van der Waals surface area contributed by atoms with E-state index in [2.05, 4.69) is 56.8 Å². The smallest absolute Gasteiger partial charge is 0.181 e. The fourth-order valence-corrected chi connectivity index (χ4v) is 3.57. The quantitative estimate of drug-likeness (QED) is 0.634. The zero-order valence-corrected chi connectivity index (χ0v) is 16.5. The van der Waals surface area contributed by atoms with E-state index in [1.165, 1.54) is 5.56 Å². The van der Waals surface area contributed by atoms with Crippen LogP contribution in [0.3, 0.4) is 0 Å². The lowest BCUT2D eigenvalue weighted by Crippen LogP contribution is -2.45. The van der Waals surface area contributed by atoms with Crippen molar-refractivity contribution in [1.82, 2.24) is 29.5 Å². The standard InChI is InChI=1S/C22H28N6/c1-26-15-17-27(18-16-26)13-10-21-24-22(20-7-11-23-12-8-20)25-28(21)14-9-19-5-3-2-4-6-19/h2-8,11-12H,9-10,13-18H2,1H3. The number of aromatic nitrogens is 4. The molecule has 3 heterocycles. The Hall–Kier alpha value is -2.57. The number of likely N-dealkylation sites (N-methyl/N-ethyl adjacent to an activating group) is 1. The summed E-state index contributed by atoms with van der Waals surface area (Å²) in [5.41, 5.74) is 2.35. The number of pyridine rings is 1. The Morgan fingerprint density at radius 1 is 0.857 bits per heavy atom. The molecule has 0 bridgehead atoms. The van der Waals surface area contributed by atoms with Crippen LogP contribution in [0.5, 0.6) is 0 Å². The highest BCUT2D eigenvalue weighted by Gasteiger charge is 2.16. The van der Waals surface area contributed by atoms with Crippen LogP contribution >= 0.6 is 0 Å². The van der Waals surface area contributed by atoms with Gasteiger partial charge in [-0.1, -0.05) is 30.3 Å². The second-order valence-electron chi connectivity index (χ2n) is 7.44. The first-order valence-corrected chi connectivity index (χ1v) is 10.1. The van der Waals surface area contributed by atoms with Crippen molar-refractivity contribution >= 4 is 0 Å². The molecule has 0 amide bonds. The Bertz CT molecular complexity index is 853. The van der Waals surface area contributed by atoms with Crippen LogP contribution in [0.25, 0.3) is 11.4 Å². The van der Waals surface area contributed by atoms with Gasteiger partial charge in [0.2, 0.25) is 0 Å². The molecule has 0 atom stereocenters. The van der Waals surface area contributed by atoms with Gasteiger partial charge in [0, 0.05) is 63.6 Å². The highest BCUT2D eigenvalue weighted by Crippen LogP contribution is 2.16. The van der Waals surface area contributed by atoms with Gasteiger partial charge in [-0.25, -0.2) is 9.67 Å². The largest absolute Gasteiger partial charge is 0.304 e. The van der Waals surface area contributed by atoms with Gasteiger partial charge < -0.3 is 9.80 Å². The maximum atomic E-state index is 4.88. The summed E-state index contributed by atoms with van der Waals surface area (Å²) < 4.78 is 2.10. The summed E-state index contributed by atoms with van der Waals surface area (Å²) in [6.45, 7) is 6.43. The molecule has 0 saturated carbocycles. The Morgan fingerprint density at radius 2 is 1.61 bits per heavy atom. The van der Waals surface area contributed by atoms with Gasteiger partial charge in [0.25, 0.3) is 0 Å². The van der Waals surface area contributed by atoms with Crippen molar-refractivity contribution in [3.63, 3.8) is 0 Å². The zero-order chi connectivity index (χ0) is 19.2. The summed E-state index contributed by atoms with van der Waals surface area (Å²) >= 11 is 0. The number of rotatable bonds is 7. The molecule has 6 heteroatoms. The number of piperazine rings is 1. The minimum atomic E-state index is 0.795. The molecule has 0 spiro atoms. The van der Waals surface area contributed by atoms with E-state index in [0.29, 0.717) is 0 Å². The molecule has 6 nitrogen and oxygen atoms in total. The Morgan fingerprint density at radius 3 is 2.36 bits per heavy atom. The lowest BCUT2D eigenvalue weighted by atomic mass is 10.1. The summed E-state index contributed by atoms with van der Waals surface area (Å²) in [5.74, 6) is 1.87. The summed E-state index contributed by atoms with van der Waals surface area (Å²) in [6, 6.07) is 14.5. The van der Waals surface area contributed by atoms with Crippen molar-refractivity contribution in [2.45, 2.75) is 19.4 Å². The monoisotopic (exact) mass is 376 g/mol. The third kappa shape index (κ3) is 4.82. The second-order valence-corrected chi connectivity index (χ2v) is 7.44. The van der Waals surface area contributed by atoms with Gasteiger partial charge in [-0.05, 0) is 31.2 Å². The summed E-state index contributed by atoms with van der Waals surface area (Å²) in [6.07, 6.45) is 5.48. The molecule has 2 aromatic heterocycles. The predicted molar refractivity (Wildman–Crippen MR) is 111 cm³/mol. The minimum absolute atomic E-state index is 0.795. The molecule has 1 saturated heterocycles. The molecule has 0 N–H and O–H groups in total. The SMILES string of the molecule is CN1CCN(CCc2nc(-c3ccncc3)nn2CCc2ccccc2)CC1. The topological polar surface area (TPSA) is 50.1 Å². The molecule has 0 radical (unpaired) electrons. The summed E-state index contributed by atoms with van der Waals surface area (Å²) in [7, 11) is 2.19. The van der Waals surface area contributed by atoms with Crippen LogP contribution in [0.2, 0.25) is 0 Å². The van der Waals surface area contributed by atoms with E-state index >= 15 is 0 Å². The Kier molecular flexibility index (Phi) is 6.09. The van der Waals surface area contributed by atoms with E-state index in [-0.39, 0.29) is 0 Å². The normalized spacial score (nSPS) is 15.8. The maximum Gasteiger partial charge on any atom is 0.181 e. The number of hydrogen-bond acceptors (Lipinski definition) is 5. The second kappa shape index (κ2) is 9.08. The molecule has 146 valence electrons. The van der Waals surface area contributed by atoms with Crippen molar-refractivity contribution in [3.8, 4) is 11.4 Å². The van der Waals surface area contributed by atoms with Gasteiger partial charge in [-0.15, -0.1) is 0 Å². The predicted octanol–water partition coefficient (Wildman–Crippen LogP) is 2.37. The molecule has 1 fully saturated rings. The van der Waals surface area contributed by atoms with Crippen LogP contribution in [0.15, 0.2) is 54.9 Å². The molecule has 0 aliphatic carbocycles. The van der Waals surface area contributed by atoms with Crippen LogP contribution in [-0.2, 0) is 19.4 Å². The highest BCUT2D eigenvalue weighted by molar-refractivity contribution is 5.53. The third-order valence-corrected chi connectivity index (χ3v) is 5.39. The van der Waals surface area contributed by atoms with Crippen LogP contribution in [-0.4, -0.2) is 69.3 Å². The molecule has 28 heavy (non-hydrogen) atoms. The minimum Gasteiger partial charge on any atom is -0.304 e. The van der Waals surface area contributed by atoms with Crippen molar-refractivity contribution in [2.75, 3.05) is 39.8 Å².